The highest BCUT2D eigenvalue weighted by Gasteiger charge is 2.24. The van der Waals surface area contributed by atoms with E-state index in [9.17, 15) is 4.79 Å². The molecule has 1 N–H and O–H groups in total. The lowest BCUT2D eigenvalue weighted by molar-refractivity contribution is -0.126. The zero-order valence-electron chi connectivity index (χ0n) is 14.8. The Morgan fingerprint density at radius 2 is 1.76 bits per heavy atom. The van der Waals surface area contributed by atoms with Gasteiger partial charge in [0.25, 0.3) is 0 Å². The Hall–Kier alpha value is -2.33. The van der Waals surface area contributed by atoms with Gasteiger partial charge in [0.15, 0.2) is 0 Å². The number of piperidine rings is 1. The summed E-state index contributed by atoms with van der Waals surface area (Å²) in [4.78, 5) is 14.9. The molecule has 0 atom stereocenters. The zero-order valence-corrected chi connectivity index (χ0v) is 14.8. The van der Waals surface area contributed by atoms with Gasteiger partial charge in [0.05, 0.1) is 7.11 Å². The van der Waals surface area contributed by atoms with E-state index in [-0.39, 0.29) is 11.8 Å². The molecule has 4 nitrogen and oxygen atoms in total. The van der Waals surface area contributed by atoms with Gasteiger partial charge in [0, 0.05) is 24.6 Å². The van der Waals surface area contributed by atoms with Crippen molar-refractivity contribution in [3.63, 3.8) is 0 Å². The van der Waals surface area contributed by atoms with Crippen LogP contribution in [-0.2, 0) is 17.9 Å². The van der Waals surface area contributed by atoms with Crippen LogP contribution in [0.5, 0.6) is 5.75 Å². The van der Waals surface area contributed by atoms with E-state index in [2.05, 4.69) is 34.5 Å². The van der Waals surface area contributed by atoms with Gasteiger partial charge >= 0.3 is 0 Å². The number of methoxy groups -OCH3 is 1. The molecule has 25 heavy (non-hydrogen) atoms. The summed E-state index contributed by atoms with van der Waals surface area (Å²) in [6, 6.07) is 18.3. The van der Waals surface area contributed by atoms with Gasteiger partial charge in [-0.1, -0.05) is 48.5 Å². The van der Waals surface area contributed by atoms with Crippen molar-refractivity contribution < 1.29 is 9.53 Å². The number of hydrogen-bond donors (Lipinski definition) is 1. The lowest BCUT2D eigenvalue weighted by Crippen LogP contribution is -2.40. The van der Waals surface area contributed by atoms with E-state index in [1.807, 2.05) is 30.3 Å². The third kappa shape index (κ3) is 4.83. The molecule has 0 aromatic heterocycles. The number of ether oxygens (including phenoxy) is 1. The second-order valence-electron chi connectivity index (χ2n) is 6.57. The predicted octanol–water partition coefficient (Wildman–Crippen LogP) is 3.22. The van der Waals surface area contributed by atoms with E-state index in [1.165, 1.54) is 5.56 Å². The summed E-state index contributed by atoms with van der Waals surface area (Å²) in [5, 5.41) is 3.07. The summed E-state index contributed by atoms with van der Waals surface area (Å²) >= 11 is 0. The largest absolute Gasteiger partial charge is 0.496 e. The van der Waals surface area contributed by atoms with Crippen molar-refractivity contribution in [1.29, 1.82) is 0 Å². The highest BCUT2D eigenvalue weighted by atomic mass is 16.5. The van der Waals surface area contributed by atoms with Gasteiger partial charge in [0.1, 0.15) is 5.75 Å². The normalized spacial score (nSPS) is 15.7. The maximum Gasteiger partial charge on any atom is 0.223 e. The van der Waals surface area contributed by atoms with Crippen LogP contribution in [0.4, 0.5) is 0 Å². The molecule has 1 fully saturated rings. The average Bonchev–Trinajstić information content (AvgIpc) is 2.67. The Morgan fingerprint density at radius 3 is 2.48 bits per heavy atom. The molecule has 1 heterocycles. The molecule has 1 amide bonds. The number of hydrogen-bond acceptors (Lipinski definition) is 3. The second-order valence-corrected chi connectivity index (χ2v) is 6.57. The number of benzene rings is 2. The Morgan fingerprint density at radius 1 is 1.08 bits per heavy atom. The molecule has 0 radical (unpaired) electrons. The number of carbonyl (C=O) groups is 1. The highest BCUT2D eigenvalue weighted by Crippen LogP contribution is 2.20. The average molecular weight is 338 g/mol. The summed E-state index contributed by atoms with van der Waals surface area (Å²) in [6.07, 6.45) is 1.84. The predicted molar refractivity (Wildman–Crippen MR) is 99.3 cm³/mol. The van der Waals surface area contributed by atoms with Crippen LogP contribution in [0.3, 0.4) is 0 Å². The minimum absolute atomic E-state index is 0.113. The quantitative estimate of drug-likeness (QED) is 0.879. The fraction of sp³-hybridized carbons (Fsp3) is 0.381. The van der Waals surface area contributed by atoms with Gasteiger partial charge in [-0.2, -0.15) is 0 Å². The number of amides is 1. The lowest BCUT2D eigenvalue weighted by atomic mass is 9.95. The number of rotatable bonds is 6. The molecule has 1 aliphatic rings. The first-order chi connectivity index (χ1) is 12.3. The van der Waals surface area contributed by atoms with Crippen molar-refractivity contribution >= 4 is 5.91 Å². The minimum Gasteiger partial charge on any atom is -0.496 e. The number of nitrogens with one attached hydrogen (secondary N) is 1. The van der Waals surface area contributed by atoms with Gasteiger partial charge in [-0.15, -0.1) is 0 Å². The molecule has 1 saturated heterocycles. The standard InChI is InChI=1S/C21H26N2O2/c1-25-20-10-6-5-9-19(20)15-22-21(24)18-11-13-23(14-12-18)16-17-7-3-2-4-8-17/h2-10,18H,11-16H2,1H3,(H,22,24). The van der Waals surface area contributed by atoms with Crippen molar-refractivity contribution in [2.24, 2.45) is 5.92 Å². The number of nitrogens with zero attached hydrogens (tertiary/aromatic N) is 1. The molecule has 4 heteroatoms. The van der Waals surface area contributed by atoms with Crippen LogP contribution in [0.15, 0.2) is 54.6 Å². The van der Waals surface area contributed by atoms with Crippen LogP contribution in [0, 0.1) is 5.92 Å². The molecular formula is C21H26N2O2. The lowest BCUT2D eigenvalue weighted by Gasteiger charge is -2.31. The first-order valence-electron chi connectivity index (χ1n) is 8.92. The van der Waals surface area contributed by atoms with E-state index in [1.54, 1.807) is 7.11 Å². The highest BCUT2D eigenvalue weighted by molar-refractivity contribution is 5.78. The monoisotopic (exact) mass is 338 g/mol. The molecule has 0 aliphatic carbocycles. The first-order valence-corrected chi connectivity index (χ1v) is 8.92. The molecule has 0 saturated carbocycles. The van der Waals surface area contributed by atoms with Crippen molar-refractivity contribution in [2.75, 3.05) is 20.2 Å². The zero-order chi connectivity index (χ0) is 17.5. The van der Waals surface area contributed by atoms with Gasteiger partial charge in [-0.25, -0.2) is 0 Å². The van der Waals surface area contributed by atoms with E-state index >= 15 is 0 Å². The summed E-state index contributed by atoms with van der Waals surface area (Å²) in [5.74, 6) is 1.09. The van der Waals surface area contributed by atoms with Crippen molar-refractivity contribution in [1.82, 2.24) is 10.2 Å². The van der Waals surface area contributed by atoms with Gasteiger partial charge in [-0.05, 0) is 37.6 Å². The van der Waals surface area contributed by atoms with Crippen LogP contribution in [0.2, 0.25) is 0 Å². The van der Waals surface area contributed by atoms with Crippen LogP contribution in [0.25, 0.3) is 0 Å². The third-order valence-corrected chi connectivity index (χ3v) is 4.85. The van der Waals surface area contributed by atoms with E-state index in [0.717, 1.165) is 43.8 Å². The maximum absolute atomic E-state index is 12.5. The van der Waals surface area contributed by atoms with E-state index in [0.29, 0.717) is 6.54 Å². The van der Waals surface area contributed by atoms with Crippen molar-refractivity contribution in [3.05, 3.63) is 65.7 Å². The smallest absolute Gasteiger partial charge is 0.223 e. The van der Waals surface area contributed by atoms with Crippen LogP contribution < -0.4 is 10.1 Å². The molecule has 0 spiro atoms. The first kappa shape index (κ1) is 17.5. The van der Waals surface area contributed by atoms with Gasteiger partial charge in [-0.3, -0.25) is 9.69 Å². The van der Waals surface area contributed by atoms with Crippen molar-refractivity contribution in [2.45, 2.75) is 25.9 Å². The Labute approximate surface area is 149 Å². The van der Waals surface area contributed by atoms with Crippen LogP contribution >= 0.6 is 0 Å². The molecule has 2 aromatic rings. The molecule has 132 valence electrons. The summed E-state index contributed by atoms with van der Waals surface area (Å²) in [7, 11) is 1.66. The second kappa shape index (κ2) is 8.67. The molecule has 3 rings (SSSR count). The van der Waals surface area contributed by atoms with E-state index in [4.69, 9.17) is 4.74 Å². The Balaban J connectivity index is 1.45. The minimum atomic E-state index is 0.113. The van der Waals surface area contributed by atoms with Crippen LogP contribution in [0.1, 0.15) is 24.0 Å². The molecule has 2 aromatic carbocycles. The number of carbonyl (C=O) groups excluding carboxylic acids is 1. The summed E-state index contributed by atoms with van der Waals surface area (Å²) in [6.45, 7) is 3.44. The molecular weight excluding hydrogens is 312 g/mol. The van der Waals surface area contributed by atoms with Gasteiger partial charge < -0.3 is 10.1 Å². The third-order valence-electron chi connectivity index (χ3n) is 4.85. The fourth-order valence-corrected chi connectivity index (χ4v) is 3.37. The topological polar surface area (TPSA) is 41.6 Å². The molecule has 0 bridgehead atoms. The number of para-hydroxylation sites is 1. The molecule has 1 aliphatic heterocycles. The maximum atomic E-state index is 12.5. The summed E-state index contributed by atoms with van der Waals surface area (Å²) < 4.78 is 5.34. The Kier molecular flexibility index (Phi) is 6.07. The van der Waals surface area contributed by atoms with E-state index < -0.39 is 0 Å². The van der Waals surface area contributed by atoms with Gasteiger partial charge in [0.2, 0.25) is 5.91 Å². The summed E-state index contributed by atoms with van der Waals surface area (Å²) in [5.41, 5.74) is 2.35. The van der Waals surface area contributed by atoms with Crippen LogP contribution in [-0.4, -0.2) is 31.0 Å². The Bertz CT molecular complexity index is 679. The fourth-order valence-electron chi connectivity index (χ4n) is 3.37. The molecule has 0 unspecified atom stereocenters. The SMILES string of the molecule is COc1ccccc1CNC(=O)C1CCN(Cc2ccccc2)CC1. The number of likely N-dealkylation sites (tertiary alicyclic amines) is 1. The van der Waals surface area contributed by atoms with Crippen molar-refractivity contribution in [3.8, 4) is 5.75 Å².